The monoisotopic (exact) mass is 424 g/mol. The van der Waals surface area contributed by atoms with Crippen LogP contribution in [0.5, 0.6) is 0 Å². The number of fused-ring (bicyclic) bond motifs is 1. The summed E-state index contributed by atoms with van der Waals surface area (Å²) in [6, 6.07) is 4.44. The van der Waals surface area contributed by atoms with Gasteiger partial charge < -0.3 is 19.2 Å². The van der Waals surface area contributed by atoms with Crippen LogP contribution in [0.3, 0.4) is 0 Å². The van der Waals surface area contributed by atoms with Crippen molar-refractivity contribution in [1.29, 1.82) is 0 Å². The number of oxazole rings is 1. The van der Waals surface area contributed by atoms with Crippen molar-refractivity contribution < 1.29 is 18.4 Å². The second kappa shape index (κ2) is 7.82. The Bertz CT molecular complexity index is 1260. The fraction of sp³-hybridized carbons (Fsp3) is 0.273. The Morgan fingerprint density at radius 3 is 2.71 bits per heavy atom. The van der Waals surface area contributed by atoms with Crippen molar-refractivity contribution in [2.75, 3.05) is 11.9 Å². The van der Waals surface area contributed by atoms with Gasteiger partial charge in [-0.1, -0.05) is 6.07 Å². The Hall–Kier alpha value is -3.75. The third-order valence-electron chi connectivity index (χ3n) is 5.39. The molecular formula is C22H21FN4O4. The van der Waals surface area contributed by atoms with Crippen molar-refractivity contribution in [2.24, 2.45) is 7.05 Å². The van der Waals surface area contributed by atoms with E-state index in [4.69, 9.17) is 4.42 Å². The maximum Gasteiger partial charge on any atom is 0.291 e. The van der Waals surface area contributed by atoms with Gasteiger partial charge in [0.25, 0.3) is 17.4 Å². The van der Waals surface area contributed by atoms with Gasteiger partial charge >= 0.3 is 0 Å². The summed E-state index contributed by atoms with van der Waals surface area (Å²) in [4.78, 5) is 44.0. The molecule has 4 rings (SSSR count). The van der Waals surface area contributed by atoms with E-state index in [1.165, 1.54) is 30.1 Å². The molecule has 0 bridgehead atoms. The molecule has 1 aromatic carbocycles. The first kappa shape index (κ1) is 20.5. The van der Waals surface area contributed by atoms with E-state index >= 15 is 0 Å². The fourth-order valence-electron chi connectivity index (χ4n) is 3.75. The van der Waals surface area contributed by atoms with E-state index in [0.717, 1.165) is 5.56 Å². The standard InChI is InChI=1S/C22H21FN4O4/c1-12-4-5-17(16(23)8-12)25-20(28)18-15-6-7-27(10-14(15)9-26(3)21(18)29)22(30)19-13(2)24-11-31-19/h4-5,8-9,11H,6-7,10H2,1-3H3,(H,25,28). The minimum Gasteiger partial charge on any atom is -0.438 e. The lowest BCUT2D eigenvalue weighted by molar-refractivity contribution is 0.0700. The number of rotatable bonds is 3. The summed E-state index contributed by atoms with van der Waals surface area (Å²) in [6.07, 6.45) is 3.15. The van der Waals surface area contributed by atoms with E-state index in [9.17, 15) is 18.8 Å². The lowest BCUT2D eigenvalue weighted by Gasteiger charge is -2.29. The van der Waals surface area contributed by atoms with Gasteiger partial charge in [0.2, 0.25) is 5.76 Å². The number of nitrogens with one attached hydrogen (secondary N) is 1. The predicted octanol–water partition coefficient (Wildman–Crippen LogP) is 2.58. The quantitative estimate of drug-likeness (QED) is 0.697. The number of benzene rings is 1. The highest BCUT2D eigenvalue weighted by Crippen LogP contribution is 2.24. The highest BCUT2D eigenvalue weighted by molar-refractivity contribution is 6.05. The molecule has 0 saturated carbocycles. The first-order valence-corrected chi connectivity index (χ1v) is 9.74. The molecule has 0 atom stereocenters. The predicted molar refractivity (Wildman–Crippen MR) is 110 cm³/mol. The molecule has 0 spiro atoms. The Morgan fingerprint density at radius 2 is 2.03 bits per heavy atom. The number of carbonyl (C=O) groups is 2. The fourth-order valence-corrected chi connectivity index (χ4v) is 3.75. The smallest absolute Gasteiger partial charge is 0.291 e. The van der Waals surface area contributed by atoms with Gasteiger partial charge in [-0.05, 0) is 49.1 Å². The highest BCUT2D eigenvalue weighted by Gasteiger charge is 2.30. The number of pyridine rings is 1. The molecule has 1 N–H and O–H groups in total. The Kier molecular flexibility index (Phi) is 5.18. The van der Waals surface area contributed by atoms with Crippen LogP contribution in [0.2, 0.25) is 0 Å². The number of aromatic nitrogens is 2. The molecule has 0 fully saturated rings. The molecule has 0 aliphatic carbocycles. The summed E-state index contributed by atoms with van der Waals surface area (Å²) < 4.78 is 20.7. The van der Waals surface area contributed by atoms with Gasteiger partial charge in [0, 0.05) is 26.3 Å². The van der Waals surface area contributed by atoms with Crippen molar-refractivity contribution in [3.05, 3.63) is 80.7 Å². The molecule has 0 saturated heterocycles. The Morgan fingerprint density at radius 1 is 1.26 bits per heavy atom. The van der Waals surface area contributed by atoms with Gasteiger partial charge in [0.05, 0.1) is 11.4 Å². The Balaban J connectivity index is 1.66. The van der Waals surface area contributed by atoms with Crippen molar-refractivity contribution >= 4 is 17.5 Å². The number of halogens is 1. The number of nitrogens with zero attached hydrogens (tertiary/aromatic N) is 3. The first-order valence-electron chi connectivity index (χ1n) is 9.74. The zero-order valence-electron chi connectivity index (χ0n) is 17.4. The first-order chi connectivity index (χ1) is 14.8. The second-order valence-corrected chi connectivity index (χ2v) is 7.60. The maximum absolute atomic E-state index is 14.2. The number of hydrogen-bond donors (Lipinski definition) is 1. The van der Waals surface area contributed by atoms with Crippen LogP contribution < -0.4 is 10.9 Å². The summed E-state index contributed by atoms with van der Waals surface area (Å²) in [5.74, 6) is -1.39. The van der Waals surface area contributed by atoms with Crippen molar-refractivity contribution in [2.45, 2.75) is 26.8 Å². The molecule has 2 amide bonds. The summed E-state index contributed by atoms with van der Waals surface area (Å²) in [6.45, 7) is 3.94. The summed E-state index contributed by atoms with van der Waals surface area (Å²) >= 11 is 0. The molecule has 3 heterocycles. The van der Waals surface area contributed by atoms with E-state index in [0.29, 0.717) is 29.8 Å². The van der Waals surface area contributed by atoms with Gasteiger partial charge in [-0.3, -0.25) is 14.4 Å². The summed E-state index contributed by atoms with van der Waals surface area (Å²) in [5.41, 5.74) is 1.94. The summed E-state index contributed by atoms with van der Waals surface area (Å²) in [7, 11) is 1.53. The van der Waals surface area contributed by atoms with E-state index in [2.05, 4.69) is 10.3 Å². The van der Waals surface area contributed by atoms with E-state index in [1.807, 2.05) is 0 Å². The minimum atomic E-state index is -0.675. The van der Waals surface area contributed by atoms with Gasteiger partial charge in [0.1, 0.15) is 11.4 Å². The van der Waals surface area contributed by atoms with Crippen molar-refractivity contribution in [1.82, 2.24) is 14.5 Å². The van der Waals surface area contributed by atoms with Gasteiger partial charge in [-0.2, -0.15) is 0 Å². The molecule has 31 heavy (non-hydrogen) atoms. The lowest BCUT2D eigenvalue weighted by Crippen LogP contribution is -2.40. The van der Waals surface area contributed by atoms with Gasteiger partial charge in [0.15, 0.2) is 6.39 Å². The molecule has 2 aromatic heterocycles. The molecule has 9 heteroatoms. The largest absolute Gasteiger partial charge is 0.438 e. The number of carbonyl (C=O) groups excluding carboxylic acids is 2. The molecule has 0 radical (unpaired) electrons. The molecule has 3 aromatic rings. The Labute approximate surface area is 177 Å². The number of amides is 2. The zero-order valence-corrected chi connectivity index (χ0v) is 17.4. The molecule has 1 aliphatic rings. The third-order valence-corrected chi connectivity index (χ3v) is 5.39. The van der Waals surface area contributed by atoms with Crippen molar-refractivity contribution in [3.8, 4) is 0 Å². The zero-order chi connectivity index (χ0) is 22.3. The molecule has 8 nitrogen and oxygen atoms in total. The minimum absolute atomic E-state index is 0.00339. The molecule has 160 valence electrons. The van der Waals surface area contributed by atoms with Crippen molar-refractivity contribution in [3.63, 3.8) is 0 Å². The van der Waals surface area contributed by atoms with Crippen LogP contribution >= 0.6 is 0 Å². The SMILES string of the molecule is Cc1ccc(NC(=O)c2c3c(cn(C)c2=O)CN(C(=O)c2ocnc2C)CC3)c(F)c1. The maximum atomic E-state index is 14.2. The normalized spacial score (nSPS) is 13.1. The van der Waals surface area contributed by atoms with Crippen LogP contribution in [-0.2, 0) is 20.0 Å². The summed E-state index contributed by atoms with van der Waals surface area (Å²) in [5, 5.41) is 2.50. The van der Waals surface area contributed by atoms with Crippen LogP contribution in [0, 0.1) is 19.7 Å². The number of aryl methyl sites for hydroxylation is 3. The molecular weight excluding hydrogens is 403 g/mol. The van der Waals surface area contributed by atoms with Crippen LogP contribution in [0.1, 0.15) is 43.3 Å². The van der Waals surface area contributed by atoms with Crippen LogP contribution in [0.15, 0.2) is 40.0 Å². The van der Waals surface area contributed by atoms with Gasteiger partial charge in [-0.25, -0.2) is 9.37 Å². The van der Waals surface area contributed by atoms with Gasteiger partial charge in [-0.15, -0.1) is 0 Å². The van der Waals surface area contributed by atoms with Crippen LogP contribution in [0.25, 0.3) is 0 Å². The highest BCUT2D eigenvalue weighted by atomic mass is 19.1. The number of hydrogen-bond acceptors (Lipinski definition) is 5. The topological polar surface area (TPSA) is 97.4 Å². The van der Waals surface area contributed by atoms with Crippen LogP contribution in [0.4, 0.5) is 10.1 Å². The van der Waals surface area contributed by atoms with E-state index in [-0.39, 0.29) is 29.5 Å². The van der Waals surface area contributed by atoms with E-state index < -0.39 is 17.3 Å². The molecule has 1 aliphatic heterocycles. The average molecular weight is 424 g/mol. The average Bonchev–Trinajstić information content (AvgIpc) is 3.16. The molecule has 0 unspecified atom stereocenters. The lowest BCUT2D eigenvalue weighted by atomic mass is 9.95. The number of anilines is 1. The van der Waals surface area contributed by atoms with Crippen LogP contribution in [-0.4, -0.2) is 32.8 Å². The third kappa shape index (κ3) is 3.74. The second-order valence-electron chi connectivity index (χ2n) is 7.60. The van der Waals surface area contributed by atoms with E-state index in [1.54, 1.807) is 31.0 Å².